The summed E-state index contributed by atoms with van der Waals surface area (Å²) in [5, 5.41) is 0. The lowest BCUT2D eigenvalue weighted by atomic mass is 10.0. The summed E-state index contributed by atoms with van der Waals surface area (Å²) in [6, 6.07) is 7.98. The number of hydrogen-bond donors (Lipinski definition) is 0. The molecule has 0 bridgehead atoms. The molecule has 0 spiro atoms. The molecule has 0 amide bonds. The molecule has 3 heteroatoms. The van der Waals surface area contributed by atoms with Gasteiger partial charge in [-0.2, -0.15) is 0 Å². The predicted octanol–water partition coefficient (Wildman–Crippen LogP) is 6.24. The first-order valence-electron chi connectivity index (χ1n) is 7.68. The van der Waals surface area contributed by atoms with Gasteiger partial charge in [-0.05, 0) is 37.8 Å². The van der Waals surface area contributed by atoms with Crippen LogP contribution in [0.3, 0.4) is 0 Å². The number of hydrogen-bond acceptors (Lipinski definition) is 1. The van der Waals surface area contributed by atoms with Crippen molar-refractivity contribution in [2.24, 2.45) is 0 Å². The molecule has 2 rings (SSSR count). The molecule has 0 radical (unpaired) electrons. The third-order valence-electron chi connectivity index (χ3n) is 3.80. The van der Waals surface area contributed by atoms with Crippen LogP contribution in [0.4, 0.5) is 8.78 Å². The SMILES string of the molecule is CC\C1=C(F)/C(F)=C(C)\C=C\CCC(c2ccc(C)cc2)O1. The first-order valence-corrected chi connectivity index (χ1v) is 7.68. The van der Waals surface area contributed by atoms with E-state index in [1.165, 1.54) is 0 Å². The van der Waals surface area contributed by atoms with Crippen molar-refractivity contribution in [3.8, 4) is 0 Å². The first-order chi connectivity index (χ1) is 10.5. The van der Waals surface area contributed by atoms with E-state index in [-0.39, 0.29) is 11.9 Å². The standard InChI is InChI=1S/C19H22F2O/c1-4-16-19(21)18(20)14(3)7-5-6-8-17(22-16)15-11-9-13(2)10-12-15/h5,7,9-12,17H,4,6,8H2,1-3H3/b7-5+,18-14+,19-16-. The zero-order chi connectivity index (χ0) is 16.1. The Morgan fingerprint density at radius 2 is 1.77 bits per heavy atom. The smallest absolute Gasteiger partial charge is 0.196 e. The molecular formula is C19H22F2O. The molecule has 1 unspecified atom stereocenters. The molecule has 0 N–H and O–H groups in total. The maximum absolute atomic E-state index is 14.3. The fourth-order valence-corrected chi connectivity index (χ4v) is 2.41. The van der Waals surface area contributed by atoms with Gasteiger partial charge >= 0.3 is 0 Å². The Morgan fingerprint density at radius 1 is 1.09 bits per heavy atom. The van der Waals surface area contributed by atoms with Gasteiger partial charge in [0.2, 0.25) is 0 Å². The average Bonchev–Trinajstić information content (AvgIpc) is 2.53. The molecule has 1 aromatic rings. The number of halogens is 2. The van der Waals surface area contributed by atoms with E-state index < -0.39 is 11.7 Å². The summed E-state index contributed by atoms with van der Waals surface area (Å²) in [5.74, 6) is -1.64. The molecular weight excluding hydrogens is 282 g/mol. The minimum Gasteiger partial charge on any atom is -0.487 e. The van der Waals surface area contributed by atoms with Crippen LogP contribution in [0.2, 0.25) is 0 Å². The Morgan fingerprint density at radius 3 is 2.41 bits per heavy atom. The Balaban J connectivity index is 2.39. The second-order valence-electron chi connectivity index (χ2n) is 5.58. The average molecular weight is 304 g/mol. The minimum absolute atomic E-state index is 0.0812. The lowest BCUT2D eigenvalue weighted by molar-refractivity contribution is 0.0970. The molecule has 1 aromatic carbocycles. The maximum Gasteiger partial charge on any atom is 0.196 e. The second kappa shape index (κ2) is 7.39. The van der Waals surface area contributed by atoms with Crippen molar-refractivity contribution in [3.63, 3.8) is 0 Å². The Kier molecular flexibility index (Phi) is 5.53. The largest absolute Gasteiger partial charge is 0.487 e. The van der Waals surface area contributed by atoms with E-state index in [4.69, 9.17) is 4.74 Å². The number of ether oxygens (including phenoxy) is 1. The summed E-state index contributed by atoms with van der Waals surface area (Å²) < 4.78 is 34.2. The third kappa shape index (κ3) is 3.85. The third-order valence-corrected chi connectivity index (χ3v) is 3.80. The van der Waals surface area contributed by atoms with Gasteiger partial charge < -0.3 is 4.74 Å². The van der Waals surface area contributed by atoms with Crippen LogP contribution in [-0.4, -0.2) is 0 Å². The van der Waals surface area contributed by atoms with Crippen LogP contribution in [0.25, 0.3) is 0 Å². The highest BCUT2D eigenvalue weighted by Crippen LogP contribution is 2.32. The van der Waals surface area contributed by atoms with E-state index in [1.54, 1.807) is 19.9 Å². The number of aryl methyl sites for hydroxylation is 1. The fourth-order valence-electron chi connectivity index (χ4n) is 2.41. The van der Waals surface area contributed by atoms with E-state index in [0.717, 1.165) is 24.0 Å². The van der Waals surface area contributed by atoms with Gasteiger partial charge in [-0.15, -0.1) is 0 Å². The lowest BCUT2D eigenvalue weighted by Crippen LogP contribution is -2.07. The van der Waals surface area contributed by atoms with Gasteiger partial charge in [-0.1, -0.05) is 48.9 Å². The van der Waals surface area contributed by atoms with E-state index in [1.807, 2.05) is 37.3 Å². The molecule has 1 aliphatic heterocycles. The maximum atomic E-state index is 14.3. The molecule has 118 valence electrons. The zero-order valence-corrected chi connectivity index (χ0v) is 13.3. The van der Waals surface area contributed by atoms with Gasteiger partial charge in [0.05, 0.1) is 0 Å². The molecule has 0 saturated carbocycles. The molecule has 0 saturated heterocycles. The van der Waals surface area contributed by atoms with Crippen LogP contribution >= 0.6 is 0 Å². The van der Waals surface area contributed by atoms with Crippen molar-refractivity contribution >= 4 is 0 Å². The predicted molar refractivity (Wildman–Crippen MR) is 85.6 cm³/mol. The van der Waals surface area contributed by atoms with Gasteiger partial charge in [0.15, 0.2) is 11.7 Å². The summed E-state index contributed by atoms with van der Waals surface area (Å²) in [4.78, 5) is 0. The van der Waals surface area contributed by atoms with E-state index in [0.29, 0.717) is 12.0 Å². The van der Waals surface area contributed by atoms with Crippen molar-refractivity contribution in [1.29, 1.82) is 0 Å². The highest BCUT2D eigenvalue weighted by Gasteiger charge is 2.20. The molecule has 1 nitrogen and oxygen atoms in total. The van der Waals surface area contributed by atoms with Crippen molar-refractivity contribution < 1.29 is 13.5 Å². The summed E-state index contributed by atoms with van der Waals surface area (Å²) in [5.41, 5.74) is 2.44. The summed E-state index contributed by atoms with van der Waals surface area (Å²) >= 11 is 0. The number of rotatable bonds is 2. The van der Waals surface area contributed by atoms with Crippen molar-refractivity contribution in [1.82, 2.24) is 0 Å². The Hall–Kier alpha value is -1.90. The van der Waals surface area contributed by atoms with Crippen LogP contribution < -0.4 is 0 Å². The van der Waals surface area contributed by atoms with Crippen LogP contribution in [0, 0.1) is 6.92 Å². The number of allylic oxidation sites excluding steroid dienone is 6. The minimum atomic E-state index is -0.885. The van der Waals surface area contributed by atoms with Gasteiger partial charge in [0.25, 0.3) is 0 Å². The molecule has 0 aliphatic carbocycles. The van der Waals surface area contributed by atoms with Gasteiger partial charge in [0.1, 0.15) is 11.9 Å². The van der Waals surface area contributed by atoms with E-state index in [2.05, 4.69) is 0 Å². The molecule has 1 heterocycles. The summed E-state index contributed by atoms with van der Waals surface area (Å²) in [7, 11) is 0. The second-order valence-corrected chi connectivity index (χ2v) is 5.58. The molecule has 22 heavy (non-hydrogen) atoms. The zero-order valence-electron chi connectivity index (χ0n) is 13.3. The van der Waals surface area contributed by atoms with Gasteiger partial charge in [0, 0.05) is 6.42 Å². The highest BCUT2D eigenvalue weighted by molar-refractivity contribution is 5.33. The summed E-state index contributed by atoms with van der Waals surface area (Å²) in [6.07, 6.45) is 5.03. The van der Waals surface area contributed by atoms with Gasteiger partial charge in [-0.25, -0.2) is 8.78 Å². The van der Waals surface area contributed by atoms with E-state index >= 15 is 0 Å². The normalized spacial score (nSPS) is 28.1. The molecule has 0 aromatic heterocycles. The van der Waals surface area contributed by atoms with Gasteiger partial charge in [-0.3, -0.25) is 0 Å². The quantitative estimate of drug-likeness (QED) is 0.628. The van der Waals surface area contributed by atoms with Crippen molar-refractivity contribution in [3.05, 3.63) is 70.5 Å². The topological polar surface area (TPSA) is 9.23 Å². The lowest BCUT2D eigenvalue weighted by Gasteiger charge is -2.22. The monoisotopic (exact) mass is 304 g/mol. The van der Waals surface area contributed by atoms with Crippen molar-refractivity contribution in [2.75, 3.05) is 0 Å². The molecule has 1 atom stereocenters. The van der Waals surface area contributed by atoms with Crippen LogP contribution in [0.1, 0.15) is 50.3 Å². The van der Waals surface area contributed by atoms with E-state index in [9.17, 15) is 8.78 Å². The molecule has 0 fully saturated rings. The Bertz CT molecular complexity index is 609. The number of benzene rings is 1. The van der Waals surface area contributed by atoms with Crippen molar-refractivity contribution in [2.45, 2.75) is 46.1 Å². The van der Waals surface area contributed by atoms with Crippen LogP contribution in [0.5, 0.6) is 0 Å². The van der Waals surface area contributed by atoms with Crippen LogP contribution in [0.15, 0.2) is 59.4 Å². The first kappa shape index (κ1) is 16.5. The molecule has 1 aliphatic rings. The summed E-state index contributed by atoms with van der Waals surface area (Å²) in [6.45, 7) is 5.35. The van der Waals surface area contributed by atoms with Crippen LogP contribution in [-0.2, 0) is 4.74 Å². The fraction of sp³-hybridized carbons (Fsp3) is 0.368. The Labute approximate surface area is 131 Å². The highest BCUT2D eigenvalue weighted by atomic mass is 19.2.